The maximum Gasteiger partial charge on any atom is 0.161 e. The van der Waals surface area contributed by atoms with Gasteiger partial charge in [-0.05, 0) is 47.9 Å². The maximum atomic E-state index is 6.34. The Bertz CT molecular complexity index is 613. The zero-order valence-electron chi connectivity index (χ0n) is 11.8. The molecule has 0 bridgehead atoms. The molecule has 2 rings (SSSR count). The maximum absolute atomic E-state index is 6.34. The number of benzene rings is 2. The lowest BCUT2D eigenvalue weighted by Crippen LogP contribution is -2.13. The van der Waals surface area contributed by atoms with E-state index in [4.69, 9.17) is 26.8 Å². The molecule has 0 saturated heterocycles. The van der Waals surface area contributed by atoms with Gasteiger partial charge in [0.15, 0.2) is 11.5 Å². The van der Waals surface area contributed by atoms with Gasteiger partial charge in [-0.2, -0.15) is 0 Å². The summed E-state index contributed by atoms with van der Waals surface area (Å²) < 4.78 is 10.5. The molecule has 20 heavy (non-hydrogen) atoms. The lowest BCUT2D eigenvalue weighted by molar-refractivity contribution is 0.354. The van der Waals surface area contributed by atoms with Crippen LogP contribution >= 0.6 is 11.6 Å². The van der Waals surface area contributed by atoms with Crippen LogP contribution in [0.3, 0.4) is 0 Å². The molecule has 3 nitrogen and oxygen atoms in total. The first-order valence-electron chi connectivity index (χ1n) is 6.30. The van der Waals surface area contributed by atoms with Gasteiger partial charge in [0.1, 0.15) is 0 Å². The van der Waals surface area contributed by atoms with Crippen LogP contribution in [0.2, 0.25) is 5.02 Å². The van der Waals surface area contributed by atoms with E-state index in [1.807, 2.05) is 43.3 Å². The second-order valence-electron chi connectivity index (χ2n) is 4.59. The smallest absolute Gasteiger partial charge is 0.161 e. The normalized spacial score (nSPS) is 12.1. The molecular formula is C16H18ClNO2. The molecule has 0 heterocycles. The van der Waals surface area contributed by atoms with Crippen LogP contribution in [0.25, 0.3) is 0 Å². The van der Waals surface area contributed by atoms with Crippen LogP contribution < -0.4 is 15.2 Å². The molecule has 0 radical (unpaired) electrons. The number of halogens is 1. The van der Waals surface area contributed by atoms with Crippen LogP contribution in [0.15, 0.2) is 36.4 Å². The van der Waals surface area contributed by atoms with Crippen LogP contribution in [0.5, 0.6) is 11.5 Å². The lowest BCUT2D eigenvalue weighted by atomic mass is 9.95. The summed E-state index contributed by atoms with van der Waals surface area (Å²) in [5.74, 6) is 1.36. The third kappa shape index (κ3) is 2.89. The molecule has 1 unspecified atom stereocenters. The number of nitrogens with two attached hydrogens (primary N) is 1. The van der Waals surface area contributed by atoms with Crippen molar-refractivity contribution in [2.45, 2.75) is 13.0 Å². The highest BCUT2D eigenvalue weighted by molar-refractivity contribution is 6.30. The number of rotatable bonds is 4. The van der Waals surface area contributed by atoms with E-state index in [-0.39, 0.29) is 6.04 Å². The Morgan fingerprint density at radius 1 is 1.00 bits per heavy atom. The Morgan fingerprint density at radius 3 is 2.30 bits per heavy atom. The van der Waals surface area contributed by atoms with Gasteiger partial charge < -0.3 is 15.2 Å². The van der Waals surface area contributed by atoms with Crippen molar-refractivity contribution in [1.82, 2.24) is 0 Å². The molecule has 2 N–H and O–H groups in total. The summed E-state index contributed by atoms with van der Waals surface area (Å²) >= 11 is 5.98. The largest absolute Gasteiger partial charge is 0.493 e. The fourth-order valence-corrected chi connectivity index (χ4v) is 2.44. The minimum atomic E-state index is -0.230. The van der Waals surface area contributed by atoms with Crippen LogP contribution in [0, 0.1) is 6.92 Å². The molecule has 0 aliphatic carbocycles. The SMILES string of the molecule is COc1ccc(C(N)c2ccc(Cl)cc2C)cc1OC. The molecule has 0 spiro atoms. The Hall–Kier alpha value is -1.71. The van der Waals surface area contributed by atoms with Gasteiger partial charge in [0.25, 0.3) is 0 Å². The zero-order chi connectivity index (χ0) is 14.7. The minimum absolute atomic E-state index is 0.230. The third-order valence-electron chi connectivity index (χ3n) is 3.33. The Morgan fingerprint density at radius 2 is 1.70 bits per heavy atom. The third-order valence-corrected chi connectivity index (χ3v) is 3.57. The predicted octanol–water partition coefficient (Wildman–Crippen LogP) is 3.71. The van der Waals surface area contributed by atoms with Crippen LogP contribution in [-0.2, 0) is 0 Å². The van der Waals surface area contributed by atoms with E-state index in [0.29, 0.717) is 16.5 Å². The number of hydrogen-bond donors (Lipinski definition) is 1. The molecule has 4 heteroatoms. The van der Waals surface area contributed by atoms with E-state index in [1.54, 1.807) is 14.2 Å². The van der Waals surface area contributed by atoms with Crippen LogP contribution in [0.4, 0.5) is 0 Å². The molecule has 0 aliphatic rings. The molecular weight excluding hydrogens is 274 g/mol. The van der Waals surface area contributed by atoms with E-state index in [0.717, 1.165) is 16.7 Å². The van der Waals surface area contributed by atoms with Gasteiger partial charge in [-0.1, -0.05) is 23.7 Å². The first kappa shape index (κ1) is 14.7. The highest BCUT2D eigenvalue weighted by Crippen LogP contribution is 2.32. The van der Waals surface area contributed by atoms with Crippen LogP contribution in [-0.4, -0.2) is 14.2 Å². The fraction of sp³-hybridized carbons (Fsp3) is 0.250. The Kier molecular flexibility index (Phi) is 4.53. The highest BCUT2D eigenvalue weighted by atomic mass is 35.5. The standard InChI is InChI=1S/C16H18ClNO2/c1-10-8-12(17)5-6-13(10)16(18)11-4-7-14(19-2)15(9-11)20-3/h4-9,16H,18H2,1-3H3. The van der Waals surface area contributed by atoms with E-state index in [9.17, 15) is 0 Å². The summed E-state index contributed by atoms with van der Waals surface area (Å²) in [5, 5.41) is 0.714. The number of ether oxygens (including phenoxy) is 2. The number of aryl methyl sites for hydroxylation is 1. The summed E-state index contributed by atoms with van der Waals surface area (Å²) in [4.78, 5) is 0. The van der Waals surface area contributed by atoms with Crippen molar-refractivity contribution in [1.29, 1.82) is 0 Å². The van der Waals surface area contributed by atoms with Gasteiger partial charge in [-0.3, -0.25) is 0 Å². The quantitative estimate of drug-likeness (QED) is 0.934. The topological polar surface area (TPSA) is 44.5 Å². The van der Waals surface area contributed by atoms with Gasteiger partial charge in [0, 0.05) is 5.02 Å². The average Bonchev–Trinajstić information content (AvgIpc) is 2.45. The van der Waals surface area contributed by atoms with E-state index < -0.39 is 0 Å². The first-order chi connectivity index (χ1) is 9.56. The van der Waals surface area contributed by atoms with E-state index in [1.165, 1.54) is 0 Å². The van der Waals surface area contributed by atoms with Crippen molar-refractivity contribution in [3.05, 3.63) is 58.1 Å². The second kappa shape index (κ2) is 6.16. The van der Waals surface area contributed by atoms with Crippen molar-refractivity contribution in [3.63, 3.8) is 0 Å². The van der Waals surface area contributed by atoms with Crippen molar-refractivity contribution < 1.29 is 9.47 Å². The molecule has 0 fully saturated rings. The van der Waals surface area contributed by atoms with E-state index in [2.05, 4.69) is 0 Å². The molecule has 0 saturated carbocycles. The minimum Gasteiger partial charge on any atom is -0.493 e. The van der Waals surface area contributed by atoms with Gasteiger partial charge in [-0.15, -0.1) is 0 Å². The molecule has 0 aliphatic heterocycles. The molecule has 0 amide bonds. The monoisotopic (exact) mass is 291 g/mol. The van der Waals surface area contributed by atoms with Gasteiger partial charge in [-0.25, -0.2) is 0 Å². The first-order valence-corrected chi connectivity index (χ1v) is 6.68. The van der Waals surface area contributed by atoms with Gasteiger partial charge >= 0.3 is 0 Å². The van der Waals surface area contributed by atoms with Crippen molar-refractivity contribution in [2.75, 3.05) is 14.2 Å². The summed E-state index contributed by atoms with van der Waals surface area (Å²) in [6.45, 7) is 2.00. The summed E-state index contributed by atoms with van der Waals surface area (Å²) in [6.07, 6.45) is 0. The molecule has 0 aromatic heterocycles. The predicted molar refractivity (Wildman–Crippen MR) is 81.8 cm³/mol. The van der Waals surface area contributed by atoms with Crippen molar-refractivity contribution in [3.8, 4) is 11.5 Å². The molecule has 2 aromatic rings. The average molecular weight is 292 g/mol. The Labute approximate surface area is 124 Å². The molecule has 1 atom stereocenters. The zero-order valence-corrected chi connectivity index (χ0v) is 12.6. The Balaban J connectivity index is 2.40. The summed E-state index contributed by atoms with van der Waals surface area (Å²) in [5.41, 5.74) is 9.42. The van der Waals surface area contributed by atoms with Crippen molar-refractivity contribution in [2.24, 2.45) is 5.73 Å². The van der Waals surface area contributed by atoms with Crippen molar-refractivity contribution >= 4 is 11.6 Å². The van der Waals surface area contributed by atoms with Gasteiger partial charge in [0.05, 0.1) is 20.3 Å². The van der Waals surface area contributed by atoms with Gasteiger partial charge in [0.2, 0.25) is 0 Å². The summed E-state index contributed by atoms with van der Waals surface area (Å²) in [6, 6.07) is 11.2. The second-order valence-corrected chi connectivity index (χ2v) is 5.03. The fourth-order valence-electron chi connectivity index (χ4n) is 2.21. The van der Waals surface area contributed by atoms with Crippen LogP contribution in [0.1, 0.15) is 22.7 Å². The lowest BCUT2D eigenvalue weighted by Gasteiger charge is -2.17. The highest BCUT2D eigenvalue weighted by Gasteiger charge is 2.14. The number of methoxy groups -OCH3 is 2. The molecule has 2 aromatic carbocycles. The number of hydrogen-bond acceptors (Lipinski definition) is 3. The molecule has 106 valence electrons. The van der Waals surface area contributed by atoms with E-state index >= 15 is 0 Å². The summed E-state index contributed by atoms with van der Waals surface area (Å²) in [7, 11) is 3.22.